The molecule has 4 rings (SSSR count). The zero-order valence-corrected chi connectivity index (χ0v) is 20.7. The van der Waals surface area contributed by atoms with Crippen LogP contribution < -0.4 is 15.7 Å². The van der Waals surface area contributed by atoms with Crippen molar-refractivity contribution in [2.75, 3.05) is 44.3 Å². The number of ether oxygens (including phenoxy) is 1. The van der Waals surface area contributed by atoms with Crippen LogP contribution in [0.4, 0.5) is 5.69 Å². The van der Waals surface area contributed by atoms with Gasteiger partial charge in [0.1, 0.15) is 6.04 Å². The van der Waals surface area contributed by atoms with E-state index in [-0.39, 0.29) is 0 Å². The number of aliphatic hydroxyl groups is 1. The molecule has 2 atom stereocenters. The molecule has 0 aliphatic carbocycles. The molecule has 2 aliphatic rings. The van der Waals surface area contributed by atoms with E-state index in [1.165, 1.54) is 29.2 Å². The molecule has 2 aromatic carbocycles. The number of hydrogen-bond acceptors (Lipinski definition) is 7. The average Bonchev–Trinajstić information content (AvgIpc) is 2.92. The van der Waals surface area contributed by atoms with Crippen molar-refractivity contribution in [2.24, 2.45) is 0 Å². The van der Waals surface area contributed by atoms with Gasteiger partial charge in [-0.3, -0.25) is 19.7 Å². The first-order valence-corrected chi connectivity index (χ1v) is 12.6. The fourth-order valence-electron chi connectivity index (χ4n) is 4.91. The number of hydroxylamine groups is 1. The lowest BCUT2D eigenvalue weighted by Crippen LogP contribution is -2.51. The number of morpholine rings is 1. The fraction of sp³-hybridized carbons (Fsp3) is 0.481. The Morgan fingerprint density at radius 1 is 1.00 bits per heavy atom. The highest BCUT2D eigenvalue weighted by Crippen LogP contribution is 2.31. The Morgan fingerprint density at radius 2 is 1.64 bits per heavy atom. The number of anilines is 1. The molecule has 9 nitrogen and oxygen atoms in total. The topological polar surface area (TPSA) is 114 Å². The van der Waals surface area contributed by atoms with Crippen molar-refractivity contribution < 1.29 is 24.6 Å². The first-order valence-electron chi connectivity index (χ1n) is 12.6. The van der Waals surface area contributed by atoms with Crippen LogP contribution in [0.2, 0.25) is 0 Å². The lowest BCUT2D eigenvalue weighted by Gasteiger charge is -2.34. The lowest BCUT2D eigenvalue weighted by molar-refractivity contribution is -0.133. The molecule has 0 aromatic heterocycles. The van der Waals surface area contributed by atoms with Crippen LogP contribution in [0.1, 0.15) is 47.2 Å². The van der Waals surface area contributed by atoms with E-state index in [0.29, 0.717) is 11.5 Å². The van der Waals surface area contributed by atoms with Crippen LogP contribution in [0.3, 0.4) is 0 Å². The zero-order valence-electron chi connectivity index (χ0n) is 20.7. The van der Waals surface area contributed by atoms with E-state index in [0.717, 1.165) is 58.8 Å². The highest BCUT2D eigenvalue weighted by atomic mass is 16.5. The van der Waals surface area contributed by atoms with Crippen LogP contribution in [0.25, 0.3) is 0 Å². The predicted octanol–water partition coefficient (Wildman–Crippen LogP) is 1.89. The van der Waals surface area contributed by atoms with Gasteiger partial charge in [-0.25, -0.2) is 5.48 Å². The second-order valence-electron chi connectivity index (χ2n) is 9.61. The minimum Gasteiger partial charge on any atom is -0.391 e. The highest BCUT2D eigenvalue weighted by molar-refractivity contribution is 5.97. The van der Waals surface area contributed by atoms with Crippen LogP contribution >= 0.6 is 0 Å². The van der Waals surface area contributed by atoms with Crippen molar-refractivity contribution >= 4 is 17.5 Å². The summed E-state index contributed by atoms with van der Waals surface area (Å²) >= 11 is 0. The summed E-state index contributed by atoms with van der Waals surface area (Å²) in [6, 6.07) is 15.1. The number of carbonyl (C=O) groups is 2. The van der Waals surface area contributed by atoms with E-state index < -0.39 is 24.0 Å². The first-order chi connectivity index (χ1) is 17.4. The number of rotatable bonds is 8. The second-order valence-corrected chi connectivity index (χ2v) is 9.61. The van der Waals surface area contributed by atoms with Gasteiger partial charge in [-0.1, -0.05) is 24.3 Å². The van der Waals surface area contributed by atoms with E-state index in [1.54, 1.807) is 12.1 Å². The number of piperidine rings is 1. The van der Waals surface area contributed by atoms with Gasteiger partial charge in [-0.2, -0.15) is 0 Å². The van der Waals surface area contributed by atoms with Gasteiger partial charge in [0.25, 0.3) is 11.8 Å². The monoisotopic (exact) mass is 496 g/mol. The van der Waals surface area contributed by atoms with Gasteiger partial charge in [-0.05, 0) is 61.1 Å². The second kappa shape index (κ2) is 12.3. The fourth-order valence-corrected chi connectivity index (χ4v) is 4.91. The van der Waals surface area contributed by atoms with E-state index >= 15 is 0 Å². The molecular weight excluding hydrogens is 460 g/mol. The maximum Gasteiger partial charge on any atom is 0.268 e. The third-order valence-electron chi connectivity index (χ3n) is 7.11. The third-order valence-corrected chi connectivity index (χ3v) is 7.11. The molecule has 0 saturated carbocycles. The Kier molecular flexibility index (Phi) is 8.93. The van der Waals surface area contributed by atoms with Crippen LogP contribution in [-0.2, 0) is 16.1 Å². The van der Waals surface area contributed by atoms with Crippen molar-refractivity contribution in [1.29, 1.82) is 0 Å². The van der Waals surface area contributed by atoms with E-state index in [4.69, 9.17) is 9.94 Å². The maximum atomic E-state index is 12.5. The minimum absolute atomic E-state index is 0.393. The van der Waals surface area contributed by atoms with Crippen LogP contribution in [0.15, 0.2) is 48.5 Å². The molecule has 2 aliphatic heterocycles. The summed E-state index contributed by atoms with van der Waals surface area (Å²) in [4.78, 5) is 29.0. The van der Waals surface area contributed by atoms with Gasteiger partial charge in [0.2, 0.25) is 0 Å². The van der Waals surface area contributed by atoms with Crippen molar-refractivity contribution in [3.05, 3.63) is 65.2 Å². The third kappa shape index (κ3) is 6.61. The van der Waals surface area contributed by atoms with Crippen LogP contribution in [0.5, 0.6) is 0 Å². The molecule has 2 unspecified atom stereocenters. The summed E-state index contributed by atoms with van der Waals surface area (Å²) in [5.74, 6) is -0.930. The Morgan fingerprint density at radius 3 is 2.22 bits per heavy atom. The van der Waals surface area contributed by atoms with Gasteiger partial charge < -0.3 is 20.1 Å². The molecule has 0 radical (unpaired) electrons. The normalized spacial score (nSPS) is 18.9. The number of amides is 2. The van der Waals surface area contributed by atoms with Gasteiger partial charge >= 0.3 is 0 Å². The highest BCUT2D eigenvalue weighted by Gasteiger charge is 2.26. The first kappa shape index (κ1) is 26.1. The molecule has 36 heavy (non-hydrogen) atoms. The molecule has 9 heteroatoms. The van der Waals surface area contributed by atoms with Gasteiger partial charge in [-0.15, -0.1) is 0 Å². The quantitative estimate of drug-likeness (QED) is 0.326. The molecule has 194 valence electrons. The standard InChI is InChI=1S/C27H36N4O5/c1-19(32)25(27(34)29-35)28-26(33)23-6-4-21(5-7-23)22-10-12-31(13-11-22)24-8-2-20(3-9-24)18-30-14-16-36-17-15-30/h2-9,19,22,25,32,35H,10-18H2,1H3,(H,28,33)(H,29,34). The van der Waals surface area contributed by atoms with Crippen molar-refractivity contribution in [1.82, 2.24) is 15.7 Å². The summed E-state index contributed by atoms with van der Waals surface area (Å²) < 4.78 is 5.43. The summed E-state index contributed by atoms with van der Waals surface area (Å²) in [5.41, 5.74) is 5.63. The Bertz CT molecular complexity index is 998. The molecule has 2 heterocycles. The summed E-state index contributed by atoms with van der Waals surface area (Å²) in [6.07, 6.45) is 0.912. The number of benzene rings is 2. The Balaban J connectivity index is 1.28. The maximum absolute atomic E-state index is 12.5. The minimum atomic E-state index is -1.24. The molecule has 2 fully saturated rings. The van der Waals surface area contributed by atoms with Gasteiger partial charge in [0, 0.05) is 44.0 Å². The van der Waals surface area contributed by atoms with E-state index in [9.17, 15) is 14.7 Å². The van der Waals surface area contributed by atoms with Crippen LogP contribution in [-0.4, -0.2) is 78.6 Å². The average molecular weight is 497 g/mol. The summed E-state index contributed by atoms with van der Waals surface area (Å²) in [7, 11) is 0. The number of aliphatic hydroxyl groups excluding tert-OH is 1. The summed E-state index contributed by atoms with van der Waals surface area (Å²) in [6.45, 7) is 7.90. The smallest absolute Gasteiger partial charge is 0.268 e. The molecule has 2 amide bonds. The van der Waals surface area contributed by atoms with Crippen molar-refractivity contribution in [3.63, 3.8) is 0 Å². The number of nitrogens with one attached hydrogen (secondary N) is 2. The number of nitrogens with zero attached hydrogens (tertiary/aromatic N) is 2. The van der Waals surface area contributed by atoms with E-state index in [1.807, 2.05) is 12.1 Å². The van der Waals surface area contributed by atoms with E-state index in [2.05, 4.69) is 39.4 Å². The summed E-state index contributed by atoms with van der Waals surface area (Å²) in [5, 5.41) is 21.0. The molecular formula is C27H36N4O5. The largest absolute Gasteiger partial charge is 0.391 e. The van der Waals surface area contributed by atoms with Crippen molar-refractivity contribution in [3.8, 4) is 0 Å². The molecule has 4 N–H and O–H groups in total. The SMILES string of the molecule is CC(O)C(NC(=O)c1ccc(C2CCN(c3ccc(CN4CCOCC4)cc3)CC2)cc1)C(=O)NO. The number of hydrogen-bond donors (Lipinski definition) is 4. The Labute approximate surface area is 212 Å². The Hall–Kier alpha value is -2.98. The molecule has 0 bridgehead atoms. The molecule has 2 saturated heterocycles. The number of carbonyl (C=O) groups excluding carboxylic acids is 2. The molecule has 0 spiro atoms. The lowest BCUT2D eigenvalue weighted by atomic mass is 9.88. The molecule has 2 aromatic rings. The van der Waals surface area contributed by atoms with Crippen LogP contribution in [0, 0.1) is 0 Å². The predicted molar refractivity (Wildman–Crippen MR) is 136 cm³/mol. The van der Waals surface area contributed by atoms with Gasteiger partial charge in [0.05, 0.1) is 19.3 Å². The van der Waals surface area contributed by atoms with Crippen molar-refractivity contribution in [2.45, 2.75) is 44.4 Å². The zero-order chi connectivity index (χ0) is 25.5. The van der Waals surface area contributed by atoms with Gasteiger partial charge in [0.15, 0.2) is 0 Å².